The van der Waals surface area contributed by atoms with Gasteiger partial charge in [0.2, 0.25) is 5.91 Å². The molecule has 0 N–H and O–H groups in total. The lowest BCUT2D eigenvalue weighted by Gasteiger charge is -2.27. The number of carbonyl (C=O) groups is 1. The Labute approximate surface area is 222 Å². The average Bonchev–Trinajstić information content (AvgIpc) is 3.54. The summed E-state index contributed by atoms with van der Waals surface area (Å²) in [5.74, 6) is 0.456. The molecule has 12 nitrogen and oxygen atoms in total. The first-order valence-electron chi connectivity index (χ1n) is 12.6. The Morgan fingerprint density at radius 2 is 1.97 bits per heavy atom. The second-order valence-electron chi connectivity index (χ2n) is 9.14. The number of thiazole rings is 1. The van der Waals surface area contributed by atoms with Crippen LogP contribution in [0.1, 0.15) is 13.3 Å². The number of rotatable bonds is 9. The third-order valence-electron chi connectivity index (χ3n) is 6.69. The first-order chi connectivity index (χ1) is 18.4. The van der Waals surface area contributed by atoms with Crippen LogP contribution in [-0.4, -0.2) is 80.5 Å². The van der Waals surface area contributed by atoms with E-state index in [4.69, 9.17) is 14.5 Å². The van der Waals surface area contributed by atoms with Gasteiger partial charge >= 0.3 is 5.69 Å². The fourth-order valence-electron chi connectivity index (χ4n) is 4.65. The van der Waals surface area contributed by atoms with Gasteiger partial charge < -0.3 is 14.0 Å². The van der Waals surface area contributed by atoms with Crippen LogP contribution < -0.4 is 20.9 Å². The molecule has 13 heteroatoms. The molecule has 0 bridgehead atoms. The molecule has 1 aliphatic heterocycles. The van der Waals surface area contributed by atoms with E-state index in [9.17, 15) is 14.4 Å². The average molecular weight is 542 g/mol. The van der Waals surface area contributed by atoms with Crippen LogP contribution in [0.5, 0.6) is 5.75 Å². The number of aryl methyl sites for hydroxylation is 1. The maximum absolute atomic E-state index is 13.8. The van der Waals surface area contributed by atoms with E-state index in [-0.39, 0.29) is 23.6 Å². The number of anilines is 1. The highest BCUT2D eigenvalue weighted by molar-refractivity contribution is 7.22. The molecule has 0 aliphatic carbocycles. The van der Waals surface area contributed by atoms with Crippen LogP contribution in [0, 0.1) is 0 Å². The van der Waals surface area contributed by atoms with Crippen molar-refractivity contribution < 1.29 is 14.3 Å². The first-order valence-corrected chi connectivity index (χ1v) is 13.4. The van der Waals surface area contributed by atoms with Crippen LogP contribution in [-0.2, 0) is 30.2 Å². The van der Waals surface area contributed by atoms with E-state index in [2.05, 4.69) is 9.88 Å². The zero-order chi connectivity index (χ0) is 26.8. The van der Waals surface area contributed by atoms with E-state index in [0.717, 1.165) is 40.8 Å². The van der Waals surface area contributed by atoms with Crippen LogP contribution in [0.4, 0.5) is 5.13 Å². The Hall–Kier alpha value is -3.55. The van der Waals surface area contributed by atoms with Crippen LogP contribution >= 0.6 is 11.3 Å². The van der Waals surface area contributed by atoms with Crippen molar-refractivity contribution in [3.63, 3.8) is 0 Å². The number of para-hydroxylation sites is 1. The minimum absolute atomic E-state index is 0.115. The fourth-order valence-corrected chi connectivity index (χ4v) is 5.68. The van der Waals surface area contributed by atoms with Crippen molar-refractivity contribution in [2.75, 3.05) is 50.9 Å². The van der Waals surface area contributed by atoms with Crippen molar-refractivity contribution in [1.29, 1.82) is 0 Å². The summed E-state index contributed by atoms with van der Waals surface area (Å²) in [6.45, 7) is 6.78. The van der Waals surface area contributed by atoms with Gasteiger partial charge in [-0.2, -0.15) is 0 Å². The molecule has 0 atom stereocenters. The largest absolute Gasteiger partial charge is 0.492 e. The van der Waals surface area contributed by atoms with Crippen LogP contribution in [0.2, 0.25) is 0 Å². The standard InChI is InChI=1S/C25H31N7O5S/c1-4-37-17-7-5-8-18-20(17)27-24(38-18)32(10-6-9-30-11-13-36-14-12-30)19(33)15-31-16-26-22-21(31)23(34)29(3)25(35)28(22)2/h5,7-8,16H,4,6,9-15H2,1-3H3. The number of morpholine rings is 1. The molecule has 1 amide bonds. The second-order valence-corrected chi connectivity index (χ2v) is 10.1. The van der Waals surface area contributed by atoms with Crippen molar-refractivity contribution >= 4 is 43.8 Å². The summed E-state index contributed by atoms with van der Waals surface area (Å²) in [5, 5.41) is 0.573. The van der Waals surface area contributed by atoms with Gasteiger partial charge in [0, 0.05) is 40.3 Å². The van der Waals surface area contributed by atoms with E-state index in [1.165, 1.54) is 33.8 Å². The Balaban J connectivity index is 1.46. The third-order valence-corrected chi connectivity index (χ3v) is 7.73. The number of nitrogens with zero attached hydrogens (tertiary/aromatic N) is 7. The SMILES string of the molecule is CCOc1cccc2sc(N(CCCN3CCOCC3)C(=O)Cn3cnc4c3c(=O)n(C)c(=O)n4C)nc12. The monoisotopic (exact) mass is 541 g/mol. The summed E-state index contributed by atoms with van der Waals surface area (Å²) in [7, 11) is 2.97. The molecular formula is C25H31N7O5S. The zero-order valence-corrected chi connectivity index (χ0v) is 22.6. The quantitative estimate of drug-likeness (QED) is 0.310. The van der Waals surface area contributed by atoms with Gasteiger partial charge in [-0.15, -0.1) is 0 Å². The highest BCUT2D eigenvalue weighted by Gasteiger charge is 2.24. The molecular weight excluding hydrogens is 510 g/mol. The number of hydrogen-bond acceptors (Lipinski definition) is 9. The molecule has 5 rings (SSSR count). The van der Waals surface area contributed by atoms with Gasteiger partial charge in [-0.05, 0) is 25.5 Å². The summed E-state index contributed by atoms with van der Waals surface area (Å²) >= 11 is 1.43. The smallest absolute Gasteiger partial charge is 0.332 e. The second kappa shape index (κ2) is 11.1. The summed E-state index contributed by atoms with van der Waals surface area (Å²) in [4.78, 5) is 52.0. The topological polar surface area (TPSA) is 117 Å². The number of ether oxygens (including phenoxy) is 2. The lowest BCUT2D eigenvalue weighted by molar-refractivity contribution is -0.119. The number of carbonyl (C=O) groups excluding carboxylic acids is 1. The van der Waals surface area contributed by atoms with Crippen molar-refractivity contribution in [3.05, 3.63) is 45.4 Å². The lowest BCUT2D eigenvalue weighted by atomic mass is 10.3. The number of fused-ring (bicyclic) bond motifs is 2. The molecule has 1 saturated heterocycles. The van der Waals surface area contributed by atoms with Crippen molar-refractivity contribution in [2.24, 2.45) is 14.1 Å². The number of benzene rings is 1. The van der Waals surface area contributed by atoms with Gasteiger partial charge in [-0.3, -0.25) is 28.5 Å². The molecule has 4 heterocycles. The van der Waals surface area contributed by atoms with Crippen LogP contribution in [0.25, 0.3) is 21.4 Å². The highest BCUT2D eigenvalue weighted by Crippen LogP contribution is 2.34. The van der Waals surface area contributed by atoms with Gasteiger partial charge in [0.05, 0.1) is 30.8 Å². The molecule has 1 fully saturated rings. The van der Waals surface area contributed by atoms with Crippen molar-refractivity contribution in [2.45, 2.75) is 19.9 Å². The van der Waals surface area contributed by atoms with Crippen LogP contribution in [0.15, 0.2) is 34.1 Å². The van der Waals surface area contributed by atoms with Crippen LogP contribution in [0.3, 0.4) is 0 Å². The Morgan fingerprint density at radius 1 is 1.18 bits per heavy atom. The predicted molar refractivity (Wildman–Crippen MR) is 145 cm³/mol. The van der Waals surface area contributed by atoms with Gasteiger partial charge in [-0.1, -0.05) is 17.4 Å². The van der Waals surface area contributed by atoms with Gasteiger partial charge in [0.1, 0.15) is 17.8 Å². The molecule has 202 valence electrons. The van der Waals surface area contributed by atoms with Crippen molar-refractivity contribution in [3.8, 4) is 5.75 Å². The maximum Gasteiger partial charge on any atom is 0.332 e. The molecule has 38 heavy (non-hydrogen) atoms. The number of imidazole rings is 1. The fraction of sp³-hybridized carbons (Fsp3) is 0.480. The van der Waals surface area contributed by atoms with E-state index >= 15 is 0 Å². The van der Waals surface area contributed by atoms with E-state index in [0.29, 0.717) is 37.2 Å². The number of amides is 1. The molecule has 0 radical (unpaired) electrons. The summed E-state index contributed by atoms with van der Waals surface area (Å²) in [5.41, 5.74) is 0.208. The van der Waals surface area contributed by atoms with E-state index in [1.54, 1.807) is 11.9 Å². The summed E-state index contributed by atoms with van der Waals surface area (Å²) in [6.07, 6.45) is 2.18. The minimum atomic E-state index is -0.492. The van der Waals surface area contributed by atoms with Gasteiger partial charge in [0.25, 0.3) is 5.56 Å². The Morgan fingerprint density at radius 3 is 2.74 bits per heavy atom. The molecule has 3 aromatic heterocycles. The number of hydrogen-bond donors (Lipinski definition) is 0. The molecule has 1 aliphatic rings. The molecule has 0 saturated carbocycles. The van der Waals surface area contributed by atoms with Crippen molar-refractivity contribution in [1.82, 2.24) is 28.6 Å². The van der Waals surface area contributed by atoms with E-state index < -0.39 is 11.2 Å². The first kappa shape index (κ1) is 26.1. The van der Waals surface area contributed by atoms with Gasteiger partial charge in [-0.25, -0.2) is 14.8 Å². The van der Waals surface area contributed by atoms with Gasteiger partial charge in [0.15, 0.2) is 16.3 Å². The number of aromatic nitrogens is 5. The lowest BCUT2D eigenvalue weighted by Crippen LogP contribution is -2.40. The normalized spacial score (nSPS) is 14.4. The Bertz CT molecular complexity index is 1580. The molecule has 0 spiro atoms. The highest BCUT2D eigenvalue weighted by atomic mass is 32.1. The molecule has 0 unspecified atom stereocenters. The predicted octanol–water partition coefficient (Wildman–Crippen LogP) is 1.20. The minimum Gasteiger partial charge on any atom is -0.492 e. The maximum atomic E-state index is 13.8. The summed E-state index contributed by atoms with van der Waals surface area (Å²) in [6, 6.07) is 5.75. The van der Waals surface area contributed by atoms with E-state index in [1.807, 2.05) is 25.1 Å². The zero-order valence-electron chi connectivity index (χ0n) is 21.8. The third kappa shape index (κ3) is 4.96. The Kier molecular flexibility index (Phi) is 7.58. The summed E-state index contributed by atoms with van der Waals surface area (Å²) < 4.78 is 16.0. The molecule has 4 aromatic rings. The molecule has 1 aromatic carbocycles.